The fraction of sp³-hybridized carbons (Fsp3) is 0.212. The zero-order valence-electron chi connectivity index (χ0n) is 23.0. The Morgan fingerprint density at radius 1 is 0.690 bits per heavy atom. The molecule has 0 radical (unpaired) electrons. The van der Waals surface area contributed by atoms with Gasteiger partial charge in [0.1, 0.15) is 19.3 Å². The minimum atomic E-state index is -0.767. The number of ether oxygens (including phenoxy) is 3. The second-order valence-corrected chi connectivity index (χ2v) is 11.1. The summed E-state index contributed by atoms with van der Waals surface area (Å²) in [6.45, 7) is 6.59. The molecule has 0 aliphatic rings. The van der Waals surface area contributed by atoms with E-state index in [0.29, 0.717) is 17.9 Å². The Hall–Kier alpha value is -4.08. The van der Waals surface area contributed by atoms with Gasteiger partial charge in [-0.05, 0) is 48.9 Å². The first kappa shape index (κ1) is 32.4. The Labute approximate surface area is 254 Å². The molecule has 42 heavy (non-hydrogen) atoms. The third-order valence-corrected chi connectivity index (χ3v) is 8.10. The zero-order valence-corrected chi connectivity index (χ0v) is 24.6. The van der Waals surface area contributed by atoms with Crippen LogP contribution in [0.2, 0.25) is 0 Å². The number of hydrogen-bond donors (Lipinski definition) is 0. The van der Waals surface area contributed by atoms with Crippen molar-refractivity contribution in [2.75, 3.05) is 24.7 Å². The Balaban J connectivity index is 1.60. The van der Waals surface area contributed by atoms with Gasteiger partial charge in [0.05, 0.1) is 17.0 Å². The molecule has 0 spiro atoms. The number of rotatable bonds is 17. The maximum atomic E-state index is 13.0. The summed E-state index contributed by atoms with van der Waals surface area (Å²) >= 11 is 3.05. The average Bonchev–Trinajstić information content (AvgIpc) is 3.03. The maximum absolute atomic E-state index is 13.0. The Morgan fingerprint density at radius 3 is 1.76 bits per heavy atom. The minimum absolute atomic E-state index is 0.000200. The van der Waals surface area contributed by atoms with Crippen molar-refractivity contribution in [3.05, 3.63) is 121 Å². The van der Waals surface area contributed by atoms with E-state index in [1.54, 1.807) is 23.9 Å². The summed E-state index contributed by atoms with van der Waals surface area (Å²) in [5.74, 6) is -2.00. The van der Waals surface area contributed by atoms with Gasteiger partial charge in [-0.3, -0.25) is 4.79 Å². The minimum Gasteiger partial charge on any atom is -0.461 e. The molecule has 9 heteroatoms. The van der Waals surface area contributed by atoms with E-state index in [4.69, 9.17) is 14.2 Å². The number of hydrogen-bond acceptors (Lipinski definition) is 9. The van der Waals surface area contributed by atoms with Crippen LogP contribution in [0.3, 0.4) is 0 Å². The fourth-order valence-corrected chi connectivity index (χ4v) is 5.62. The second kappa shape index (κ2) is 17.7. The standard InChI is InChI=1S/C33H32O7S2/c1-3-30(34)24(23-42-27-15-9-6-10-16-27)21-38-32(36)28-17-11-12-18-29(28)33(37)39-22-25(40-31(35)4-2)19-20-41-26-13-7-5-8-14-26/h3-18,24-25H,1-2,19-23H2. The summed E-state index contributed by atoms with van der Waals surface area (Å²) in [6.07, 6.45) is 1.98. The third kappa shape index (κ3) is 10.7. The molecule has 0 heterocycles. The fourth-order valence-electron chi connectivity index (χ4n) is 3.65. The van der Waals surface area contributed by atoms with Gasteiger partial charge >= 0.3 is 17.9 Å². The van der Waals surface area contributed by atoms with Crippen molar-refractivity contribution in [2.24, 2.45) is 5.92 Å². The van der Waals surface area contributed by atoms with E-state index < -0.39 is 29.9 Å². The van der Waals surface area contributed by atoms with Crippen molar-refractivity contribution in [1.29, 1.82) is 0 Å². The van der Waals surface area contributed by atoms with E-state index in [9.17, 15) is 19.2 Å². The van der Waals surface area contributed by atoms with E-state index in [1.165, 1.54) is 30.0 Å². The Bertz CT molecular complexity index is 1360. The lowest BCUT2D eigenvalue weighted by Crippen LogP contribution is -2.26. The normalized spacial score (nSPS) is 11.9. The van der Waals surface area contributed by atoms with Gasteiger partial charge in [-0.2, -0.15) is 0 Å². The number of carbonyl (C=O) groups is 4. The highest BCUT2D eigenvalue weighted by molar-refractivity contribution is 7.99. The van der Waals surface area contributed by atoms with Gasteiger partial charge in [0.2, 0.25) is 0 Å². The first-order chi connectivity index (χ1) is 20.4. The zero-order chi connectivity index (χ0) is 30.2. The number of benzene rings is 3. The molecule has 0 aliphatic heterocycles. The first-order valence-corrected chi connectivity index (χ1v) is 15.2. The molecule has 0 saturated carbocycles. The van der Waals surface area contributed by atoms with Crippen LogP contribution in [0.25, 0.3) is 0 Å². The molecule has 0 N–H and O–H groups in total. The number of esters is 3. The largest absolute Gasteiger partial charge is 0.461 e. The molecule has 0 amide bonds. The third-order valence-electron chi connectivity index (χ3n) is 5.88. The van der Waals surface area contributed by atoms with Crippen LogP contribution < -0.4 is 0 Å². The highest BCUT2D eigenvalue weighted by Gasteiger charge is 2.24. The van der Waals surface area contributed by atoms with Crippen molar-refractivity contribution in [3.63, 3.8) is 0 Å². The van der Waals surface area contributed by atoms with Crippen LogP contribution in [0.5, 0.6) is 0 Å². The Kier molecular flexibility index (Phi) is 13.6. The SMILES string of the molecule is C=CC(=O)OC(CCSc1ccccc1)COC(=O)c1ccccc1C(=O)OCC(CSc1ccccc1)C(=O)C=C. The lowest BCUT2D eigenvalue weighted by molar-refractivity contribution is -0.145. The molecule has 218 valence electrons. The van der Waals surface area contributed by atoms with Crippen LogP contribution in [0.4, 0.5) is 0 Å². The van der Waals surface area contributed by atoms with E-state index in [2.05, 4.69) is 13.2 Å². The van der Waals surface area contributed by atoms with Crippen LogP contribution >= 0.6 is 23.5 Å². The molecule has 3 aromatic rings. The van der Waals surface area contributed by atoms with Crippen LogP contribution in [0, 0.1) is 5.92 Å². The first-order valence-electron chi connectivity index (χ1n) is 13.2. The number of allylic oxidation sites excluding steroid dienone is 1. The molecule has 2 atom stereocenters. The Morgan fingerprint density at radius 2 is 1.21 bits per heavy atom. The molecule has 0 aliphatic carbocycles. The number of ketones is 1. The van der Waals surface area contributed by atoms with Crippen LogP contribution in [0.15, 0.2) is 120 Å². The molecule has 0 aromatic heterocycles. The summed E-state index contributed by atoms with van der Waals surface area (Å²) in [4.78, 5) is 52.3. The van der Waals surface area contributed by atoms with Crippen molar-refractivity contribution in [3.8, 4) is 0 Å². The lowest BCUT2D eigenvalue weighted by atomic mass is 10.1. The van der Waals surface area contributed by atoms with E-state index in [-0.39, 0.29) is 30.1 Å². The van der Waals surface area contributed by atoms with E-state index in [0.717, 1.165) is 15.9 Å². The summed E-state index contributed by atoms with van der Waals surface area (Å²) in [5.41, 5.74) is 0.00231. The molecular weight excluding hydrogens is 572 g/mol. The van der Waals surface area contributed by atoms with E-state index >= 15 is 0 Å². The quantitative estimate of drug-likeness (QED) is 0.0746. The van der Waals surface area contributed by atoms with Crippen molar-refractivity contribution in [1.82, 2.24) is 0 Å². The molecule has 3 aromatic carbocycles. The summed E-state index contributed by atoms with van der Waals surface area (Å²) in [6, 6.07) is 25.4. The molecule has 0 saturated heterocycles. The summed E-state index contributed by atoms with van der Waals surface area (Å²) in [5, 5.41) is 0. The average molecular weight is 605 g/mol. The summed E-state index contributed by atoms with van der Waals surface area (Å²) in [7, 11) is 0. The predicted octanol–water partition coefficient (Wildman–Crippen LogP) is 6.44. The highest BCUT2D eigenvalue weighted by atomic mass is 32.2. The smallest absolute Gasteiger partial charge is 0.339 e. The van der Waals surface area contributed by atoms with Gasteiger partial charge in [-0.25, -0.2) is 14.4 Å². The van der Waals surface area contributed by atoms with Crippen LogP contribution in [-0.4, -0.2) is 54.5 Å². The molecule has 3 rings (SSSR count). The van der Waals surface area contributed by atoms with Crippen molar-refractivity contribution < 1.29 is 33.4 Å². The maximum Gasteiger partial charge on any atom is 0.339 e. The van der Waals surface area contributed by atoms with Gasteiger partial charge in [0.15, 0.2) is 5.78 Å². The topological polar surface area (TPSA) is 96.0 Å². The van der Waals surface area contributed by atoms with Crippen LogP contribution in [0.1, 0.15) is 27.1 Å². The molecule has 2 unspecified atom stereocenters. The van der Waals surface area contributed by atoms with Gasteiger partial charge in [-0.15, -0.1) is 23.5 Å². The molecule has 7 nitrogen and oxygen atoms in total. The monoisotopic (exact) mass is 604 g/mol. The second-order valence-electron chi connectivity index (χ2n) is 8.88. The lowest BCUT2D eigenvalue weighted by Gasteiger charge is -2.18. The van der Waals surface area contributed by atoms with E-state index in [1.807, 2.05) is 60.7 Å². The van der Waals surface area contributed by atoms with Crippen LogP contribution in [-0.2, 0) is 23.8 Å². The van der Waals surface area contributed by atoms with Crippen molar-refractivity contribution in [2.45, 2.75) is 22.3 Å². The summed E-state index contributed by atoms with van der Waals surface area (Å²) < 4.78 is 16.3. The van der Waals surface area contributed by atoms with Gasteiger partial charge in [0.25, 0.3) is 0 Å². The molecular formula is C33H32O7S2. The van der Waals surface area contributed by atoms with Gasteiger partial charge in [-0.1, -0.05) is 61.7 Å². The molecule has 0 fully saturated rings. The number of thioether (sulfide) groups is 2. The van der Waals surface area contributed by atoms with Gasteiger partial charge in [0, 0.05) is 27.4 Å². The number of carbonyl (C=O) groups excluding carboxylic acids is 4. The highest BCUT2D eigenvalue weighted by Crippen LogP contribution is 2.23. The van der Waals surface area contributed by atoms with Crippen molar-refractivity contribution >= 4 is 47.2 Å². The van der Waals surface area contributed by atoms with Gasteiger partial charge < -0.3 is 14.2 Å². The molecule has 0 bridgehead atoms. The predicted molar refractivity (Wildman–Crippen MR) is 165 cm³/mol.